The molecule has 0 spiro atoms. The number of fused-ring (bicyclic) bond motifs is 1. The highest BCUT2D eigenvalue weighted by atomic mass is 32.1. The maximum absolute atomic E-state index is 12.3. The Hall–Kier alpha value is -1.73. The lowest BCUT2D eigenvalue weighted by atomic mass is 9.88. The van der Waals surface area contributed by atoms with Crippen LogP contribution in [-0.2, 0) is 24.1 Å². The summed E-state index contributed by atoms with van der Waals surface area (Å²) in [5.41, 5.74) is 7.83. The average molecular weight is 349 g/mol. The number of aromatic nitrogens is 1. The molecule has 0 radical (unpaired) electrons. The molecule has 0 bridgehead atoms. The highest BCUT2D eigenvalue weighted by Gasteiger charge is 2.27. The molecule has 2 amide bonds. The van der Waals surface area contributed by atoms with Crippen LogP contribution in [0.5, 0.6) is 0 Å². The molecule has 0 unspecified atom stereocenters. The molecule has 0 fully saturated rings. The average Bonchev–Trinajstić information content (AvgIpc) is 3.01. The molecule has 1 atom stereocenters. The van der Waals surface area contributed by atoms with Crippen LogP contribution in [0.15, 0.2) is 5.38 Å². The van der Waals surface area contributed by atoms with Crippen LogP contribution in [0.25, 0.3) is 0 Å². The minimum atomic E-state index is -0.461. The number of hydrogen-bond acceptors (Lipinski definition) is 5. The maximum atomic E-state index is 12.3. The Morgan fingerprint density at radius 3 is 2.91 bits per heavy atom. The zero-order valence-electron chi connectivity index (χ0n) is 13.1. The van der Waals surface area contributed by atoms with E-state index in [9.17, 15) is 9.59 Å². The predicted octanol–water partition coefficient (Wildman–Crippen LogP) is 2.92. The number of aryl methyl sites for hydroxylation is 1. The van der Waals surface area contributed by atoms with Gasteiger partial charge in [0.2, 0.25) is 5.91 Å². The fourth-order valence-electron chi connectivity index (χ4n) is 2.92. The normalized spacial score (nSPS) is 16.9. The lowest BCUT2D eigenvalue weighted by molar-refractivity contribution is -0.115. The van der Waals surface area contributed by atoms with Crippen LogP contribution in [0.3, 0.4) is 0 Å². The van der Waals surface area contributed by atoms with Crippen molar-refractivity contribution in [2.24, 2.45) is 11.7 Å². The molecule has 5 nitrogen and oxygen atoms in total. The molecular weight excluding hydrogens is 330 g/mol. The molecule has 0 aromatic carbocycles. The van der Waals surface area contributed by atoms with Gasteiger partial charge in [0.15, 0.2) is 0 Å². The van der Waals surface area contributed by atoms with Crippen LogP contribution in [0.1, 0.15) is 44.8 Å². The number of nitrogens with one attached hydrogen (secondary N) is 1. The quantitative estimate of drug-likeness (QED) is 0.890. The van der Waals surface area contributed by atoms with E-state index in [-0.39, 0.29) is 12.3 Å². The Labute approximate surface area is 142 Å². The smallest absolute Gasteiger partial charge is 0.251 e. The van der Waals surface area contributed by atoms with Crippen molar-refractivity contribution in [3.05, 3.63) is 32.1 Å². The standard InChI is InChI=1S/C16H19N3O2S2/c1-8-3-4-11-12(5-8)23-16(14(11)15(17)21)19-13(20)6-10-7-22-9(2)18-10/h7-8H,3-6H2,1-2H3,(H2,17,21)(H,19,20)/t8-/m1/s1. The Balaban J connectivity index is 1.82. The second-order valence-electron chi connectivity index (χ2n) is 6.00. The van der Waals surface area contributed by atoms with E-state index < -0.39 is 5.91 Å². The number of nitrogens with zero attached hydrogens (tertiary/aromatic N) is 1. The van der Waals surface area contributed by atoms with Gasteiger partial charge < -0.3 is 11.1 Å². The summed E-state index contributed by atoms with van der Waals surface area (Å²) in [6, 6.07) is 0. The Morgan fingerprint density at radius 2 is 2.26 bits per heavy atom. The van der Waals surface area contributed by atoms with Crippen molar-refractivity contribution in [1.82, 2.24) is 4.98 Å². The van der Waals surface area contributed by atoms with E-state index in [1.54, 1.807) is 0 Å². The third-order valence-corrected chi connectivity index (χ3v) is 6.01. The molecule has 0 aliphatic heterocycles. The van der Waals surface area contributed by atoms with Gasteiger partial charge in [-0.05, 0) is 37.7 Å². The van der Waals surface area contributed by atoms with E-state index in [0.29, 0.717) is 16.5 Å². The number of thiazole rings is 1. The molecule has 0 saturated heterocycles. The fraction of sp³-hybridized carbons (Fsp3) is 0.438. The largest absolute Gasteiger partial charge is 0.365 e. The molecule has 3 rings (SSSR count). The molecule has 3 N–H and O–H groups in total. The molecule has 0 saturated carbocycles. The van der Waals surface area contributed by atoms with Crippen LogP contribution < -0.4 is 11.1 Å². The summed E-state index contributed by atoms with van der Waals surface area (Å²) < 4.78 is 0. The van der Waals surface area contributed by atoms with Gasteiger partial charge in [0.1, 0.15) is 5.00 Å². The Morgan fingerprint density at radius 1 is 1.48 bits per heavy atom. The van der Waals surface area contributed by atoms with Gasteiger partial charge in [-0.1, -0.05) is 6.92 Å². The molecule has 1 aliphatic carbocycles. The van der Waals surface area contributed by atoms with Gasteiger partial charge in [0.25, 0.3) is 5.91 Å². The molecule has 2 aromatic heterocycles. The summed E-state index contributed by atoms with van der Waals surface area (Å²) >= 11 is 3.01. The molecule has 2 aromatic rings. The first-order valence-corrected chi connectivity index (χ1v) is 9.29. The third-order valence-electron chi connectivity index (χ3n) is 4.02. The SMILES string of the molecule is Cc1nc(CC(=O)Nc2sc3c(c2C(N)=O)CC[C@@H](C)C3)cs1. The topological polar surface area (TPSA) is 85.1 Å². The van der Waals surface area contributed by atoms with E-state index in [1.165, 1.54) is 27.6 Å². The van der Waals surface area contributed by atoms with Crippen molar-refractivity contribution in [3.63, 3.8) is 0 Å². The highest BCUT2D eigenvalue weighted by Crippen LogP contribution is 2.39. The van der Waals surface area contributed by atoms with Gasteiger partial charge in [-0.3, -0.25) is 9.59 Å². The second kappa shape index (κ2) is 6.41. The number of thiophene rings is 1. The molecule has 23 heavy (non-hydrogen) atoms. The van der Waals surface area contributed by atoms with Crippen LogP contribution in [0, 0.1) is 12.8 Å². The van der Waals surface area contributed by atoms with E-state index in [2.05, 4.69) is 17.2 Å². The second-order valence-corrected chi connectivity index (χ2v) is 8.17. The predicted molar refractivity (Wildman–Crippen MR) is 93.2 cm³/mol. The summed E-state index contributed by atoms with van der Waals surface area (Å²) in [6.07, 6.45) is 3.06. The minimum Gasteiger partial charge on any atom is -0.365 e. The lowest BCUT2D eigenvalue weighted by Gasteiger charge is -2.18. The number of nitrogens with two attached hydrogens (primary N) is 1. The molecular formula is C16H19N3O2S2. The minimum absolute atomic E-state index is 0.163. The molecule has 1 aliphatic rings. The third kappa shape index (κ3) is 3.45. The molecule has 7 heteroatoms. The van der Waals surface area contributed by atoms with E-state index in [0.717, 1.165) is 35.5 Å². The fourth-order valence-corrected chi connectivity index (χ4v) is 4.97. The van der Waals surface area contributed by atoms with E-state index >= 15 is 0 Å². The van der Waals surface area contributed by atoms with E-state index in [1.807, 2.05) is 12.3 Å². The van der Waals surface area contributed by atoms with Crippen molar-refractivity contribution >= 4 is 39.5 Å². The van der Waals surface area contributed by atoms with Gasteiger partial charge in [-0.2, -0.15) is 0 Å². The number of anilines is 1. The van der Waals surface area contributed by atoms with Crippen LogP contribution in [0.4, 0.5) is 5.00 Å². The van der Waals surface area contributed by atoms with Crippen molar-refractivity contribution in [2.45, 2.75) is 39.5 Å². The Kier molecular flexibility index (Phi) is 4.50. The first-order valence-electron chi connectivity index (χ1n) is 7.59. The number of primary amides is 1. The number of amides is 2. The van der Waals surface area contributed by atoms with E-state index in [4.69, 9.17) is 5.73 Å². The summed E-state index contributed by atoms with van der Waals surface area (Å²) in [6.45, 7) is 4.11. The van der Waals surface area contributed by atoms with Crippen molar-refractivity contribution in [2.75, 3.05) is 5.32 Å². The summed E-state index contributed by atoms with van der Waals surface area (Å²) in [7, 11) is 0. The number of rotatable bonds is 4. The van der Waals surface area contributed by atoms with Gasteiger partial charge in [0.05, 0.1) is 22.7 Å². The van der Waals surface area contributed by atoms with Gasteiger partial charge >= 0.3 is 0 Å². The number of carbonyl (C=O) groups is 2. The number of carbonyl (C=O) groups excluding carboxylic acids is 2. The summed E-state index contributed by atoms with van der Waals surface area (Å²) in [4.78, 5) is 29.6. The van der Waals surface area contributed by atoms with Crippen molar-refractivity contribution < 1.29 is 9.59 Å². The molecule has 2 heterocycles. The summed E-state index contributed by atoms with van der Waals surface area (Å²) in [5.74, 6) is -0.0234. The maximum Gasteiger partial charge on any atom is 0.251 e. The lowest BCUT2D eigenvalue weighted by Crippen LogP contribution is -2.20. The van der Waals surface area contributed by atoms with Crippen molar-refractivity contribution in [1.29, 1.82) is 0 Å². The zero-order chi connectivity index (χ0) is 16.6. The first-order chi connectivity index (χ1) is 10.9. The van der Waals surface area contributed by atoms with Crippen LogP contribution >= 0.6 is 22.7 Å². The van der Waals surface area contributed by atoms with Gasteiger partial charge in [-0.15, -0.1) is 22.7 Å². The Bertz CT molecular complexity index is 763. The van der Waals surface area contributed by atoms with Crippen LogP contribution in [0.2, 0.25) is 0 Å². The number of hydrogen-bond donors (Lipinski definition) is 2. The zero-order valence-corrected chi connectivity index (χ0v) is 14.8. The van der Waals surface area contributed by atoms with Crippen molar-refractivity contribution in [3.8, 4) is 0 Å². The first kappa shape index (κ1) is 16.1. The van der Waals surface area contributed by atoms with Gasteiger partial charge in [-0.25, -0.2) is 4.98 Å². The highest BCUT2D eigenvalue weighted by molar-refractivity contribution is 7.17. The molecule has 122 valence electrons. The monoisotopic (exact) mass is 349 g/mol. The van der Waals surface area contributed by atoms with Gasteiger partial charge in [0, 0.05) is 10.3 Å². The van der Waals surface area contributed by atoms with Crippen LogP contribution in [-0.4, -0.2) is 16.8 Å². The summed E-state index contributed by atoms with van der Waals surface area (Å²) in [5, 5.41) is 6.27.